The van der Waals surface area contributed by atoms with Crippen LogP contribution in [0.1, 0.15) is 18.1 Å². The smallest absolute Gasteiger partial charge is 0.325 e. The summed E-state index contributed by atoms with van der Waals surface area (Å²) in [7, 11) is 0. The van der Waals surface area contributed by atoms with E-state index in [9.17, 15) is 27.6 Å². The van der Waals surface area contributed by atoms with Crippen LogP contribution in [0.15, 0.2) is 54.6 Å². The quantitative estimate of drug-likeness (QED) is 0.750. The van der Waals surface area contributed by atoms with Gasteiger partial charge in [-0.1, -0.05) is 49.4 Å². The third-order valence-corrected chi connectivity index (χ3v) is 4.66. The van der Waals surface area contributed by atoms with Crippen LogP contribution in [0.25, 0.3) is 0 Å². The number of rotatable bonds is 5. The summed E-state index contributed by atoms with van der Waals surface area (Å²) in [5.74, 6) is -2.33. The predicted octanol–water partition coefficient (Wildman–Crippen LogP) is 3.20. The Labute approximate surface area is 164 Å². The third kappa shape index (κ3) is 3.67. The molecule has 1 fully saturated rings. The summed E-state index contributed by atoms with van der Waals surface area (Å²) in [4.78, 5) is 37.5. The van der Waals surface area contributed by atoms with E-state index in [4.69, 9.17) is 0 Å². The Balaban J connectivity index is 1.85. The summed E-state index contributed by atoms with van der Waals surface area (Å²) in [6.45, 7) is 1.08. The molecule has 1 heterocycles. The van der Waals surface area contributed by atoms with Gasteiger partial charge in [-0.3, -0.25) is 14.5 Å². The van der Waals surface area contributed by atoms with Crippen molar-refractivity contribution < 1.29 is 27.6 Å². The first-order chi connectivity index (χ1) is 13.7. The summed E-state index contributed by atoms with van der Waals surface area (Å²) in [5.41, 5.74) is -2.29. The van der Waals surface area contributed by atoms with Crippen molar-refractivity contribution in [2.75, 3.05) is 11.9 Å². The molecule has 2 aromatic carbocycles. The number of carbonyl (C=O) groups excluding carboxylic acids is 3. The molecule has 1 atom stereocenters. The van der Waals surface area contributed by atoms with Gasteiger partial charge in [-0.15, -0.1) is 0 Å². The fraction of sp³-hybridized carbons (Fsp3) is 0.250. The topological polar surface area (TPSA) is 78.5 Å². The molecule has 1 aliphatic heterocycles. The molecule has 2 N–H and O–H groups in total. The van der Waals surface area contributed by atoms with Crippen LogP contribution in [-0.2, 0) is 21.5 Å². The molecular formula is C20H18F3N3O3. The number of amides is 4. The van der Waals surface area contributed by atoms with Gasteiger partial charge < -0.3 is 10.6 Å². The van der Waals surface area contributed by atoms with Crippen molar-refractivity contribution in [3.63, 3.8) is 0 Å². The Morgan fingerprint density at radius 3 is 2.41 bits per heavy atom. The molecule has 9 heteroatoms. The maximum atomic E-state index is 13.9. The standard InChI is InChI=1S/C20H18F3N3O3/c1-2-13-7-6-10-15(11-13)24-16(27)12-26-17(28)19(20(21,22)23,25-18(26)29)14-8-4-3-5-9-14/h3-11H,2,12H2,1H3,(H,24,27)(H,25,29)/t19-/m1/s1. The van der Waals surface area contributed by atoms with Gasteiger partial charge in [0, 0.05) is 5.69 Å². The van der Waals surface area contributed by atoms with Gasteiger partial charge >= 0.3 is 12.2 Å². The molecule has 2 aromatic rings. The molecule has 29 heavy (non-hydrogen) atoms. The van der Waals surface area contributed by atoms with Gasteiger partial charge in [0.15, 0.2) is 0 Å². The van der Waals surface area contributed by atoms with Gasteiger partial charge in [-0.25, -0.2) is 4.79 Å². The Hall–Kier alpha value is -3.36. The molecule has 0 bridgehead atoms. The molecule has 0 unspecified atom stereocenters. The fourth-order valence-electron chi connectivity index (χ4n) is 3.17. The number of urea groups is 1. The van der Waals surface area contributed by atoms with Crippen LogP contribution in [0, 0.1) is 0 Å². The van der Waals surface area contributed by atoms with Crippen LogP contribution >= 0.6 is 0 Å². The minimum absolute atomic E-state index is 0.277. The van der Waals surface area contributed by atoms with E-state index in [0.717, 1.165) is 24.1 Å². The van der Waals surface area contributed by atoms with E-state index in [-0.39, 0.29) is 4.90 Å². The normalized spacial score (nSPS) is 19.2. The van der Waals surface area contributed by atoms with Crippen molar-refractivity contribution >= 4 is 23.5 Å². The number of anilines is 1. The number of hydrogen-bond acceptors (Lipinski definition) is 3. The molecular weight excluding hydrogens is 387 g/mol. The summed E-state index contributed by atoms with van der Waals surface area (Å²) < 4.78 is 41.7. The Bertz CT molecular complexity index is 947. The van der Waals surface area contributed by atoms with Crippen molar-refractivity contribution in [2.45, 2.75) is 25.1 Å². The second kappa shape index (κ2) is 7.57. The minimum Gasteiger partial charge on any atom is -0.325 e. The molecule has 1 saturated heterocycles. The first-order valence-electron chi connectivity index (χ1n) is 8.84. The molecule has 4 amide bonds. The Kier molecular flexibility index (Phi) is 5.32. The third-order valence-electron chi connectivity index (χ3n) is 4.66. The van der Waals surface area contributed by atoms with Crippen LogP contribution in [0.3, 0.4) is 0 Å². The van der Waals surface area contributed by atoms with Gasteiger partial charge in [0.05, 0.1) is 0 Å². The van der Waals surface area contributed by atoms with Gasteiger partial charge in [0.25, 0.3) is 5.91 Å². The van der Waals surface area contributed by atoms with Crippen LogP contribution in [0.4, 0.5) is 23.7 Å². The monoisotopic (exact) mass is 405 g/mol. The van der Waals surface area contributed by atoms with Crippen LogP contribution in [-0.4, -0.2) is 35.5 Å². The highest BCUT2D eigenvalue weighted by molar-refractivity contribution is 6.11. The lowest BCUT2D eigenvalue weighted by atomic mass is 9.89. The van der Waals surface area contributed by atoms with Gasteiger partial charge in [0.1, 0.15) is 6.54 Å². The Morgan fingerprint density at radius 1 is 1.10 bits per heavy atom. The molecule has 152 valence electrons. The highest BCUT2D eigenvalue weighted by Gasteiger charge is 2.68. The number of halogens is 3. The number of carbonyl (C=O) groups is 3. The van der Waals surface area contributed by atoms with Crippen LogP contribution < -0.4 is 10.6 Å². The lowest BCUT2D eigenvalue weighted by Gasteiger charge is -2.29. The maximum absolute atomic E-state index is 13.9. The lowest BCUT2D eigenvalue weighted by Crippen LogP contribution is -2.55. The summed E-state index contributed by atoms with van der Waals surface area (Å²) in [6, 6.07) is 11.9. The zero-order valence-corrected chi connectivity index (χ0v) is 15.4. The highest BCUT2D eigenvalue weighted by atomic mass is 19.4. The second-order valence-electron chi connectivity index (χ2n) is 6.54. The summed E-state index contributed by atoms with van der Waals surface area (Å²) in [5, 5.41) is 4.24. The van der Waals surface area contributed by atoms with Crippen molar-refractivity contribution in [1.29, 1.82) is 0 Å². The molecule has 0 radical (unpaired) electrons. The fourth-order valence-corrected chi connectivity index (χ4v) is 3.17. The molecule has 3 rings (SSSR count). The summed E-state index contributed by atoms with van der Waals surface area (Å²) >= 11 is 0. The first kappa shape index (κ1) is 20.4. The number of imide groups is 1. The number of aryl methyl sites for hydroxylation is 1. The summed E-state index contributed by atoms with van der Waals surface area (Å²) in [6.07, 6.45) is -4.37. The molecule has 1 aliphatic rings. The number of alkyl halides is 3. The van der Waals surface area contributed by atoms with E-state index >= 15 is 0 Å². The van der Waals surface area contributed by atoms with Crippen LogP contribution in [0.5, 0.6) is 0 Å². The zero-order chi connectivity index (χ0) is 21.2. The predicted molar refractivity (Wildman–Crippen MR) is 98.9 cm³/mol. The van der Waals surface area contributed by atoms with E-state index in [1.54, 1.807) is 23.5 Å². The van der Waals surface area contributed by atoms with Crippen molar-refractivity contribution in [3.05, 3.63) is 65.7 Å². The van der Waals surface area contributed by atoms with Crippen molar-refractivity contribution in [1.82, 2.24) is 10.2 Å². The average Bonchev–Trinajstić information content (AvgIpc) is 2.94. The molecule has 0 aliphatic carbocycles. The van der Waals surface area contributed by atoms with Gasteiger partial charge in [-0.2, -0.15) is 13.2 Å². The van der Waals surface area contributed by atoms with E-state index in [1.807, 2.05) is 13.0 Å². The number of nitrogens with one attached hydrogen (secondary N) is 2. The maximum Gasteiger partial charge on any atom is 0.425 e. The SMILES string of the molecule is CCc1cccc(NC(=O)CN2C(=O)N[C@@](c3ccccc3)(C(F)(F)F)C2=O)c1. The van der Waals surface area contributed by atoms with E-state index < -0.39 is 41.7 Å². The van der Waals surface area contributed by atoms with Crippen LogP contribution in [0.2, 0.25) is 0 Å². The average molecular weight is 405 g/mol. The Morgan fingerprint density at radius 2 is 1.79 bits per heavy atom. The van der Waals surface area contributed by atoms with E-state index in [0.29, 0.717) is 5.69 Å². The number of benzene rings is 2. The largest absolute Gasteiger partial charge is 0.425 e. The molecule has 0 saturated carbocycles. The second-order valence-corrected chi connectivity index (χ2v) is 6.54. The first-order valence-corrected chi connectivity index (χ1v) is 8.84. The zero-order valence-electron chi connectivity index (χ0n) is 15.4. The number of nitrogens with zero attached hydrogens (tertiary/aromatic N) is 1. The minimum atomic E-state index is -5.10. The van der Waals surface area contributed by atoms with Gasteiger partial charge in [0.2, 0.25) is 11.4 Å². The molecule has 0 aromatic heterocycles. The van der Waals surface area contributed by atoms with E-state index in [1.165, 1.54) is 18.2 Å². The van der Waals surface area contributed by atoms with Crippen molar-refractivity contribution in [3.8, 4) is 0 Å². The van der Waals surface area contributed by atoms with Gasteiger partial charge in [-0.05, 0) is 29.7 Å². The lowest BCUT2D eigenvalue weighted by molar-refractivity contribution is -0.198. The van der Waals surface area contributed by atoms with Crippen molar-refractivity contribution in [2.24, 2.45) is 0 Å². The van der Waals surface area contributed by atoms with E-state index in [2.05, 4.69) is 5.32 Å². The molecule has 0 spiro atoms. The molecule has 6 nitrogen and oxygen atoms in total. The highest BCUT2D eigenvalue weighted by Crippen LogP contribution is 2.43. The number of hydrogen-bond donors (Lipinski definition) is 2.